The molecule has 0 amide bonds. The Morgan fingerprint density at radius 2 is 2.47 bits per heavy atom. The van der Waals surface area contributed by atoms with Gasteiger partial charge in [-0.25, -0.2) is 9.67 Å². The lowest BCUT2D eigenvalue weighted by molar-refractivity contribution is -0.127. The molecular weight excluding hydrogens is 216 g/mol. The van der Waals surface area contributed by atoms with Crippen LogP contribution in [0.1, 0.15) is 38.9 Å². The molecule has 0 radical (unpaired) electrons. The van der Waals surface area contributed by atoms with Crippen LogP contribution in [0.3, 0.4) is 0 Å². The van der Waals surface area contributed by atoms with Crippen molar-refractivity contribution >= 4 is 5.78 Å². The summed E-state index contributed by atoms with van der Waals surface area (Å²) in [4.78, 5) is 16.5. The van der Waals surface area contributed by atoms with Crippen LogP contribution in [0, 0.1) is 5.41 Å². The van der Waals surface area contributed by atoms with Gasteiger partial charge in [-0.3, -0.25) is 4.79 Å². The van der Waals surface area contributed by atoms with E-state index in [1.54, 1.807) is 4.68 Å². The van der Waals surface area contributed by atoms with Crippen LogP contribution in [0.25, 0.3) is 0 Å². The number of nitrogens with zero attached hydrogens (tertiary/aromatic N) is 3. The van der Waals surface area contributed by atoms with Gasteiger partial charge >= 0.3 is 0 Å². The van der Waals surface area contributed by atoms with Crippen molar-refractivity contribution in [2.45, 2.75) is 52.1 Å². The van der Waals surface area contributed by atoms with Crippen molar-refractivity contribution in [3.8, 4) is 0 Å². The maximum atomic E-state index is 12.4. The van der Waals surface area contributed by atoms with Gasteiger partial charge in [-0.05, 0) is 19.8 Å². The SMILES string of the molecule is CCn1ncnc1CC(=O)C1(C)CCCC1N. The Hall–Kier alpha value is -1.23. The van der Waals surface area contributed by atoms with Gasteiger partial charge in [-0.15, -0.1) is 0 Å². The van der Waals surface area contributed by atoms with Crippen LogP contribution in [-0.2, 0) is 17.8 Å². The van der Waals surface area contributed by atoms with Gasteiger partial charge in [0.2, 0.25) is 0 Å². The van der Waals surface area contributed by atoms with Gasteiger partial charge in [0.25, 0.3) is 0 Å². The van der Waals surface area contributed by atoms with E-state index in [9.17, 15) is 4.79 Å². The summed E-state index contributed by atoms with van der Waals surface area (Å²) in [5, 5.41) is 4.08. The minimum absolute atomic E-state index is 0.00648. The lowest BCUT2D eigenvalue weighted by atomic mass is 9.79. The van der Waals surface area contributed by atoms with Crippen LogP contribution < -0.4 is 5.73 Å². The molecule has 5 nitrogen and oxygen atoms in total. The molecule has 0 aliphatic heterocycles. The second-order valence-electron chi connectivity index (χ2n) is 5.01. The minimum atomic E-state index is -0.371. The van der Waals surface area contributed by atoms with Gasteiger partial charge in [0.1, 0.15) is 17.9 Å². The molecule has 1 heterocycles. The average Bonchev–Trinajstić information content (AvgIpc) is 2.87. The molecule has 2 rings (SSSR count). The number of Topliss-reactive ketones (excluding diaryl/α,β-unsaturated/α-hetero) is 1. The Labute approximate surface area is 101 Å². The number of aryl methyl sites for hydroxylation is 1. The molecule has 0 saturated heterocycles. The summed E-state index contributed by atoms with van der Waals surface area (Å²) >= 11 is 0. The molecule has 1 aliphatic rings. The molecule has 1 aliphatic carbocycles. The van der Waals surface area contributed by atoms with Crippen molar-refractivity contribution in [2.75, 3.05) is 0 Å². The van der Waals surface area contributed by atoms with Crippen molar-refractivity contribution in [1.82, 2.24) is 14.8 Å². The summed E-state index contributed by atoms with van der Waals surface area (Å²) in [5.74, 6) is 0.947. The zero-order chi connectivity index (χ0) is 12.5. The third-order valence-electron chi connectivity index (χ3n) is 3.98. The zero-order valence-electron chi connectivity index (χ0n) is 10.5. The largest absolute Gasteiger partial charge is 0.327 e. The van der Waals surface area contributed by atoms with E-state index in [0.29, 0.717) is 6.42 Å². The summed E-state index contributed by atoms with van der Waals surface area (Å²) in [6.45, 7) is 4.72. The van der Waals surface area contributed by atoms with Gasteiger partial charge in [0.15, 0.2) is 0 Å². The first-order valence-electron chi connectivity index (χ1n) is 6.23. The molecule has 2 atom stereocenters. The minimum Gasteiger partial charge on any atom is -0.327 e. The third kappa shape index (κ3) is 2.11. The monoisotopic (exact) mass is 236 g/mol. The third-order valence-corrected chi connectivity index (χ3v) is 3.98. The Kier molecular flexibility index (Phi) is 3.28. The van der Waals surface area contributed by atoms with Crippen molar-refractivity contribution in [2.24, 2.45) is 11.1 Å². The van der Waals surface area contributed by atoms with E-state index < -0.39 is 0 Å². The quantitative estimate of drug-likeness (QED) is 0.844. The molecular formula is C12H20N4O. The highest BCUT2D eigenvalue weighted by atomic mass is 16.1. The molecule has 0 aromatic carbocycles. The highest BCUT2D eigenvalue weighted by Gasteiger charge is 2.42. The summed E-state index contributed by atoms with van der Waals surface area (Å²) in [5.41, 5.74) is 5.68. The second-order valence-corrected chi connectivity index (χ2v) is 5.01. The molecule has 1 aromatic heterocycles. The normalized spacial score (nSPS) is 28.5. The molecule has 17 heavy (non-hydrogen) atoms. The highest BCUT2D eigenvalue weighted by molar-refractivity contribution is 5.87. The van der Waals surface area contributed by atoms with Gasteiger partial charge in [0.05, 0.1) is 6.42 Å². The van der Waals surface area contributed by atoms with E-state index in [0.717, 1.165) is 31.6 Å². The Balaban J connectivity index is 2.12. The van der Waals surface area contributed by atoms with Crippen molar-refractivity contribution in [3.63, 3.8) is 0 Å². The van der Waals surface area contributed by atoms with E-state index >= 15 is 0 Å². The van der Waals surface area contributed by atoms with Gasteiger partial charge in [-0.2, -0.15) is 5.10 Å². The molecule has 0 bridgehead atoms. The second kappa shape index (κ2) is 4.56. The predicted molar refractivity (Wildman–Crippen MR) is 64.3 cm³/mol. The summed E-state index contributed by atoms with van der Waals surface area (Å²) < 4.78 is 1.77. The molecule has 1 fully saturated rings. The number of hydrogen-bond acceptors (Lipinski definition) is 4. The molecule has 2 N–H and O–H groups in total. The Morgan fingerprint density at radius 3 is 3.06 bits per heavy atom. The van der Waals surface area contributed by atoms with Crippen LogP contribution in [0.5, 0.6) is 0 Å². The summed E-state index contributed by atoms with van der Waals surface area (Å²) in [7, 11) is 0. The first kappa shape index (κ1) is 12.2. The fourth-order valence-electron chi connectivity index (χ4n) is 2.57. The maximum absolute atomic E-state index is 12.4. The van der Waals surface area contributed by atoms with E-state index in [1.807, 2.05) is 13.8 Å². The van der Waals surface area contributed by atoms with Crippen LogP contribution in [-0.4, -0.2) is 26.6 Å². The van der Waals surface area contributed by atoms with E-state index in [-0.39, 0.29) is 17.2 Å². The van der Waals surface area contributed by atoms with Crippen molar-refractivity contribution in [1.29, 1.82) is 0 Å². The first-order valence-corrected chi connectivity index (χ1v) is 6.23. The first-order chi connectivity index (χ1) is 8.08. The maximum Gasteiger partial charge on any atom is 0.147 e. The van der Waals surface area contributed by atoms with Crippen LogP contribution in [0.4, 0.5) is 0 Å². The Morgan fingerprint density at radius 1 is 1.71 bits per heavy atom. The molecule has 1 saturated carbocycles. The number of aromatic nitrogens is 3. The smallest absolute Gasteiger partial charge is 0.147 e. The molecule has 5 heteroatoms. The standard InChI is InChI=1S/C12H20N4O/c1-3-16-11(14-8-15-16)7-10(17)12(2)6-4-5-9(12)13/h8-9H,3-7,13H2,1-2H3. The van der Waals surface area contributed by atoms with Gasteiger partial charge < -0.3 is 5.73 Å². The average molecular weight is 236 g/mol. The van der Waals surface area contributed by atoms with Crippen LogP contribution in [0.15, 0.2) is 6.33 Å². The fraction of sp³-hybridized carbons (Fsp3) is 0.750. The highest BCUT2D eigenvalue weighted by Crippen LogP contribution is 2.38. The molecule has 94 valence electrons. The molecule has 2 unspecified atom stereocenters. The van der Waals surface area contributed by atoms with Crippen molar-refractivity contribution < 1.29 is 4.79 Å². The van der Waals surface area contributed by atoms with E-state index in [4.69, 9.17) is 5.73 Å². The van der Waals surface area contributed by atoms with Crippen LogP contribution >= 0.6 is 0 Å². The molecule has 1 aromatic rings. The van der Waals surface area contributed by atoms with Gasteiger partial charge in [-0.1, -0.05) is 13.3 Å². The summed E-state index contributed by atoms with van der Waals surface area (Å²) in [6.07, 6.45) is 4.74. The number of nitrogens with two attached hydrogens (primary N) is 1. The van der Waals surface area contributed by atoms with Crippen LogP contribution in [0.2, 0.25) is 0 Å². The predicted octanol–water partition coefficient (Wildman–Crippen LogP) is 0.927. The number of ketones is 1. The van der Waals surface area contributed by atoms with E-state index in [1.165, 1.54) is 6.33 Å². The lowest BCUT2D eigenvalue weighted by Crippen LogP contribution is -2.42. The van der Waals surface area contributed by atoms with E-state index in [2.05, 4.69) is 10.1 Å². The fourth-order valence-corrected chi connectivity index (χ4v) is 2.57. The summed E-state index contributed by atoms with van der Waals surface area (Å²) in [6, 6.07) is -0.00648. The number of hydrogen-bond donors (Lipinski definition) is 1. The number of carbonyl (C=O) groups is 1. The Bertz CT molecular complexity index is 414. The molecule has 0 spiro atoms. The van der Waals surface area contributed by atoms with Crippen molar-refractivity contribution in [3.05, 3.63) is 12.2 Å². The number of rotatable bonds is 4. The lowest BCUT2D eigenvalue weighted by Gasteiger charge is -2.27. The number of carbonyl (C=O) groups excluding carboxylic acids is 1. The zero-order valence-corrected chi connectivity index (χ0v) is 10.5. The van der Waals surface area contributed by atoms with Gasteiger partial charge in [0, 0.05) is 18.0 Å². The topological polar surface area (TPSA) is 73.8 Å².